The van der Waals surface area contributed by atoms with Gasteiger partial charge in [0.05, 0.1) is 12.2 Å². The summed E-state index contributed by atoms with van der Waals surface area (Å²) in [6.07, 6.45) is 3.62. The van der Waals surface area contributed by atoms with E-state index in [4.69, 9.17) is 14.8 Å². The van der Waals surface area contributed by atoms with Gasteiger partial charge in [-0.25, -0.2) is 8.78 Å². The van der Waals surface area contributed by atoms with Crippen molar-refractivity contribution in [1.82, 2.24) is 9.47 Å². The van der Waals surface area contributed by atoms with Crippen LogP contribution in [0.15, 0.2) is 64.7 Å². The highest BCUT2D eigenvalue weighted by atomic mass is 19.2. The average Bonchev–Trinajstić information content (AvgIpc) is 3.22. The molecule has 0 radical (unpaired) electrons. The Bertz CT molecular complexity index is 1440. The first-order chi connectivity index (χ1) is 17.9. The third-order valence-electron chi connectivity index (χ3n) is 7.08. The number of aromatic nitrogens is 1. The van der Waals surface area contributed by atoms with Gasteiger partial charge in [0.2, 0.25) is 6.61 Å². The zero-order valence-corrected chi connectivity index (χ0v) is 20.4. The second-order valence-electron chi connectivity index (χ2n) is 9.42. The Morgan fingerprint density at radius 3 is 2.54 bits per heavy atom. The largest absolute Gasteiger partial charge is 0.380 e. The van der Waals surface area contributed by atoms with Gasteiger partial charge in [0, 0.05) is 55.6 Å². The van der Waals surface area contributed by atoms with Crippen LogP contribution >= 0.6 is 0 Å². The molecule has 1 fully saturated rings. The van der Waals surface area contributed by atoms with E-state index in [0.29, 0.717) is 23.4 Å². The molecule has 3 heterocycles. The van der Waals surface area contributed by atoms with Gasteiger partial charge in [0.1, 0.15) is 11.8 Å². The molecular formula is C28H26F2N4O3. The van der Waals surface area contributed by atoms with Crippen LogP contribution in [0.4, 0.5) is 8.78 Å². The van der Waals surface area contributed by atoms with Gasteiger partial charge in [-0.05, 0) is 42.2 Å². The molecule has 9 heteroatoms. The van der Waals surface area contributed by atoms with Gasteiger partial charge in [0.25, 0.3) is 5.56 Å². The summed E-state index contributed by atoms with van der Waals surface area (Å²) in [5, 5.41) is 12.8. The van der Waals surface area contributed by atoms with Crippen LogP contribution < -0.4 is 5.56 Å². The number of piperidine rings is 1. The first-order valence-corrected chi connectivity index (χ1v) is 12.1. The van der Waals surface area contributed by atoms with Gasteiger partial charge >= 0.3 is 0 Å². The van der Waals surface area contributed by atoms with E-state index in [9.17, 15) is 13.6 Å². The Morgan fingerprint density at radius 1 is 1.11 bits per heavy atom. The highest BCUT2D eigenvalue weighted by molar-refractivity contribution is 6.12. The van der Waals surface area contributed by atoms with Crippen LogP contribution in [0.5, 0.6) is 0 Å². The van der Waals surface area contributed by atoms with E-state index in [2.05, 4.69) is 10.1 Å². The lowest BCUT2D eigenvalue weighted by Crippen LogP contribution is -2.42. The van der Waals surface area contributed by atoms with Crippen molar-refractivity contribution in [1.29, 1.82) is 5.26 Å². The molecule has 2 aromatic carbocycles. The van der Waals surface area contributed by atoms with E-state index in [1.165, 1.54) is 6.07 Å². The Balaban J connectivity index is 1.28. The maximum atomic E-state index is 13.8. The van der Waals surface area contributed by atoms with Crippen molar-refractivity contribution in [3.63, 3.8) is 0 Å². The predicted molar refractivity (Wildman–Crippen MR) is 133 cm³/mol. The van der Waals surface area contributed by atoms with E-state index in [-0.39, 0.29) is 17.8 Å². The molecule has 0 aliphatic carbocycles. The summed E-state index contributed by atoms with van der Waals surface area (Å²) < 4.78 is 35.1. The number of hydrogen-bond donors (Lipinski definition) is 0. The molecular weight excluding hydrogens is 478 g/mol. The van der Waals surface area contributed by atoms with Crippen molar-refractivity contribution in [2.45, 2.75) is 31.6 Å². The minimum absolute atomic E-state index is 0.0188. The highest BCUT2D eigenvalue weighted by Gasteiger charge is 2.43. The van der Waals surface area contributed by atoms with Crippen LogP contribution in [0.25, 0.3) is 0 Å². The fourth-order valence-electron chi connectivity index (χ4n) is 5.05. The van der Waals surface area contributed by atoms with Gasteiger partial charge in [-0.2, -0.15) is 5.26 Å². The number of oxime groups is 1. The Kier molecular flexibility index (Phi) is 6.87. The van der Waals surface area contributed by atoms with E-state index >= 15 is 0 Å². The summed E-state index contributed by atoms with van der Waals surface area (Å²) in [7, 11) is 1.77. The molecule has 5 rings (SSSR count). The van der Waals surface area contributed by atoms with Gasteiger partial charge in [0.15, 0.2) is 11.6 Å². The molecule has 0 atom stereocenters. The number of nitriles is 1. The fourth-order valence-corrected chi connectivity index (χ4v) is 5.05. The monoisotopic (exact) mass is 504 g/mol. The summed E-state index contributed by atoms with van der Waals surface area (Å²) >= 11 is 0. The topological polar surface area (TPSA) is 79.8 Å². The second-order valence-corrected chi connectivity index (χ2v) is 9.42. The van der Waals surface area contributed by atoms with Crippen molar-refractivity contribution in [2.75, 3.05) is 19.7 Å². The normalized spacial score (nSPS) is 17.0. The van der Waals surface area contributed by atoms with E-state index in [1.54, 1.807) is 17.7 Å². The number of aryl methyl sites for hydroxylation is 1. The SMILES string of the molecule is Cn1cc2c(cc1=O)COC21CCN(Cc2ccc(/C(=N/OCC#N)c3ccc(F)c(F)c3)cc2)CC1. The summed E-state index contributed by atoms with van der Waals surface area (Å²) in [4.78, 5) is 19.4. The number of nitrogens with zero attached hydrogens (tertiary/aromatic N) is 4. The summed E-state index contributed by atoms with van der Waals surface area (Å²) in [6, 6.07) is 14.7. The lowest BCUT2D eigenvalue weighted by atomic mass is 9.84. The van der Waals surface area contributed by atoms with Gasteiger partial charge < -0.3 is 14.1 Å². The Labute approximate surface area is 213 Å². The quantitative estimate of drug-likeness (QED) is 0.288. The molecule has 0 N–H and O–H groups in total. The standard InChI is InChI=1S/C28H26F2N4O3/c1-33-17-23-22(15-26(33)35)18-36-28(23)8-11-34(12-9-28)16-19-2-4-20(5-3-19)27(32-37-13-10-31)21-6-7-24(29)25(30)14-21/h2-7,14-15,17H,8-9,11-13,16,18H2,1H3/b32-27-. The van der Waals surface area contributed by atoms with Gasteiger partial charge in [-0.3, -0.25) is 9.69 Å². The molecule has 0 unspecified atom stereocenters. The zero-order chi connectivity index (χ0) is 26.0. The molecule has 7 nitrogen and oxygen atoms in total. The van der Waals surface area contributed by atoms with Crippen molar-refractivity contribution < 1.29 is 18.4 Å². The summed E-state index contributed by atoms with van der Waals surface area (Å²) in [5.41, 5.74) is 4.18. The third kappa shape index (κ3) is 5.03. The first kappa shape index (κ1) is 24.8. The number of pyridine rings is 1. The van der Waals surface area contributed by atoms with Crippen LogP contribution in [-0.4, -0.2) is 34.9 Å². The molecule has 0 saturated carbocycles. The van der Waals surface area contributed by atoms with Gasteiger partial charge in [-0.15, -0.1) is 0 Å². The van der Waals surface area contributed by atoms with E-state index < -0.39 is 11.6 Å². The van der Waals surface area contributed by atoms with Crippen molar-refractivity contribution in [3.05, 3.63) is 105 Å². The average molecular weight is 505 g/mol. The van der Waals surface area contributed by atoms with Crippen LogP contribution in [0.1, 0.15) is 40.7 Å². The van der Waals surface area contributed by atoms with Crippen molar-refractivity contribution >= 4 is 5.71 Å². The maximum Gasteiger partial charge on any atom is 0.250 e. The van der Waals surface area contributed by atoms with E-state index in [1.807, 2.05) is 36.5 Å². The number of halogens is 2. The molecule has 2 aliphatic heterocycles. The van der Waals surface area contributed by atoms with Crippen LogP contribution in [0.2, 0.25) is 0 Å². The minimum atomic E-state index is -0.985. The highest BCUT2D eigenvalue weighted by Crippen LogP contribution is 2.43. The number of hydrogen-bond acceptors (Lipinski definition) is 6. The zero-order valence-electron chi connectivity index (χ0n) is 20.4. The Morgan fingerprint density at radius 2 is 1.84 bits per heavy atom. The molecule has 1 aromatic heterocycles. The molecule has 1 saturated heterocycles. The van der Waals surface area contributed by atoms with Crippen LogP contribution in [-0.2, 0) is 35.4 Å². The predicted octanol–water partition coefficient (Wildman–Crippen LogP) is 3.98. The fraction of sp³-hybridized carbons (Fsp3) is 0.321. The number of fused-ring (bicyclic) bond motifs is 2. The van der Waals surface area contributed by atoms with Crippen LogP contribution in [0, 0.1) is 23.0 Å². The molecule has 2 aliphatic rings. The maximum absolute atomic E-state index is 13.8. The minimum Gasteiger partial charge on any atom is -0.380 e. The molecule has 1 spiro atoms. The van der Waals surface area contributed by atoms with Gasteiger partial charge in [-0.1, -0.05) is 29.4 Å². The number of rotatable bonds is 6. The second kappa shape index (κ2) is 10.2. The summed E-state index contributed by atoms with van der Waals surface area (Å²) in [5.74, 6) is -1.93. The first-order valence-electron chi connectivity index (χ1n) is 12.1. The Hall–Kier alpha value is -3.87. The van der Waals surface area contributed by atoms with Crippen molar-refractivity contribution in [3.8, 4) is 6.07 Å². The van der Waals surface area contributed by atoms with Crippen LogP contribution in [0.3, 0.4) is 0 Å². The number of benzene rings is 2. The smallest absolute Gasteiger partial charge is 0.250 e. The molecule has 190 valence electrons. The molecule has 3 aromatic rings. The third-order valence-corrected chi connectivity index (χ3v) is 7.08. The molecule has 37 heavy (non-hydrogen) atoms. The molecule has 0 bridgehead atoms. The number of ether oxygens (including phenoxy) is 1. The summed E-state index contributed by atoms with van der Waals surface area (Å²) in [6.45, 7) is 2.68. The van der Waals surface area contributed by atoms with E-state index in [0.717, 1.165) is 61.3 Å². The number of likely N-dealkylation sites (tertiary alicyclic amines) is 1. The van der Waals surface area contributed by atoms with Crippen molar-refractivity contribution in [2.24, 2.45) is 12.2 Å². The molecule has 0 amide bonds. The lowest BCUT2D eigenvalue weighted by Gasteiger charge is -2.39. The lowest BCUT2D eigenvalue weighted by molar-refractivity contribution is -0.0801.